The monoisotopic (exact) mass is 217 g/mol. The van der Waals surface area contributed by atoms with E-state index in [1.54, 1.807) is 6.07 Å². The van der Waals surface area contributed by atoms with E-state index in [9.17, 15) is 8.78 Å². The number of aromatic nitrogens is 1. The zero-order chi connectivity index (χ0) is 11.9. The van der Waals surface area contributed by atoms with Gasteiger partial charge in [0.25, 0.3) is 0 Å². The molecule has 1 rings (SSSR count). The standard InChI is InChI=1S/C11H17F2NO/c1-10(2,3)8-6-7(14-15-8)11(4,5)9(12)13/h6,9H,1-5H3. The second kappa shape index (κ2) is 3.58. The van der Waals surface area contributed by atoms with Gasteiger partial charge in [0.05, 0.1) is 11.1 Å². The molecular formula is C11H17F2NO. The first kappa shape index (κ1) is 12.1. The van der Waals surface area contributed by atoms with Gasteiger partial charge in [0, 0.05) is 11.5 Å². The van der Waals surface area contributed by atoms with Gasteiger partial charge >= 0.3 is 0 Å². The molecule has 0 saturated carbocycles. The van der Waals surface area contributed by atoms with Gasteiger partial charge in [-0.05, 0) is 13.8 Å². The average Bonchev–Trinajstić information content (AvgIpc) is 2.50. The largest absolute Gasteiger partial charge is 0.361 e. The van der Waals surface area contributed by atoms with Crippen molar-refractivity contribution < 1.29 is 13.3 Å². The predicted molar refractivity (Wildman–Crippen MR) is 54.2 cm³/mol. The molecule has 1 aromatic rings. The van der Waals surface area contributed by atoms with Gasteiger partial charge in [-0.25, -0.2) is 8.78 Å². The smallest absolute Gasteiger partial charge is 0.249 e. The van der Waals surface area contributed by atoms with Gasteiger partial charge in [0.15, 0.2) is 0 Å². The van der Waals surface area contributed by atoms with E-state index in [1.165, 1.54) is 13.8 Å². The summed E-state index contributed by atoms with van der Waals surface area (Å²) in [6.07, 6.45) is -2.45. The van der Waals surface area contributed by atoms with Crippen LogP contribution >= 0.6 is 0 Å². The highest BCUT2D eigenvalue weighted by Crippen LogP contribution is 2.32. The summed E-state index contributed by atoms with van der Waals surface area (Å²) in [7, 11) is 0. The summed E-state index contributed by atoms with van der Waals surface area (Å²) >= 11 is 0. The Hall–Kier alpha value is -0.930. The summed E-state index contributed by atoms with van der Waals surface area (Å²) < 4.78 is 30.5. The van der Waals surface area contributed by atoms with Gasteiger partial charge in [-0.15, -0.1) is 0 Å². The van der Waals surface area contributed by atoms with E-state index in [-0.39, 0.29) is 5.41 Å². The highest BCUT2D eigenvalue weighted by atomic mass is 19.3. The second-order valence-corrected chi connectivity index (χ2v) is 5.35. The fourth-order valence-electron chi connectivity index (χ4n) is 1.04. The lowest BCUT2D eigenvalue weighted by molar-refractivity contribution is 0.0652. The maximum absolute atomic E-state index is 12.7. The summed E-state index contributed by atoms with van der Waals surface area (Å²) in [5, 5.41) is 3.72. The van der Waals surface area contributed by atoms with Crippen molar-refractivity contribution in [2.24, 2.45) is 0 Å². The van der Waals surface area contributed by atoms with Crippen molar-refractivity contribution in [2.75, 3.05) is 0 Å². The normalized spacial score (nSPS) is 13.6. The van der Waals surface area contributed by atoms with Crippen molar-refractivity contribution in [1.29, 1.82) is 0 Å². The summed E-state index contributed by atoms with van der Waals surface area (Å²) in [5.74, 6) is 0.631. The third kappa shape index (κ3) is 2.36. The molecule has 1 aromatic heterocycles. The van der Waals surface area contributed by atoms with Crippen molar-refractivity contribution in [1.82, 2.24) is 5.16 Å². The topological polar surface area (TPSA) is 26.0 Å². The fraction of sp³-hybridized carbons (Fsp3) is 0.727. The Balaban J connectivity index is 3.04. The highest BCUT2D eigenvalue weighted by molar-refractivity contribution is 5.20. The zero-order valence-corrected chi connectivity index (χ0v) is 9.77. The third-order valence-electron chi connectivity index (χ3n) is 2.46. The van der Waals surface area contributed by atoms with Crippen molar-refractivity contribution in [3.8, 4) is 0 Å². The van der Waals surface area contributed by atoms with Gasteiger partial charge in [-0.2, -0.15) is 0 Å². The van der Waals surface area contributed by atoms with Crippen molar-refractivity contribution >= 4 is 0 Å². The molecule has 0 atom stereocenters. The molecule has 4 heteroatoms. The minimum absolute atomic E-state index is 0.205. The van der Waals surface area contributed by atoms with Gasteiger partial charge in [-0.1, -0.05) is 25.9 Å². The van der Waals surface area contributed by atoms with Crippen LogP contribution in [-0.4, -0.2) is 11.6 Å². The fourth-order valence-corrected chi connectivity index (χ4v) is 1.04. The summed E-state index contributed by atoms with van der Waals surface area (Å²) in [6, 6.07) is 1.62. The molecule has 0 aliphatic rings. The van der Waals surface area contributed by atoms with Crippen LogP contribution in [0.1, 0.15) is 46.1 Å². The molecule has 0 amide bonds. The van der Waals surface area contributed by atoms with Gasteiger partial charge < -0.3 is 4.52 Å². The van der Waals surface area contributed by atoms with Crippen LogP contribution in [0.5, 0.6) is 0 Å². The number of hydrogen-bond acceptors (Lipinski definition) is 2. The van der Waals surface area contributed by atoms with Gasteiger partial charge in [-0.3, -0.25) is 0 Å². The molecule has 0 aromatic carbocycles. The van der Waals surface area contributed by atoms with Crippen molar-refractivity contribution in [3.05, 3.63) is 17.5 Å². The number of halogens is 2. The average molecular weight is 217 g/mol. The van der Waals surface area contributed by atoms with Crippen LogP contribution in [0.25, 0.3) is 0 Å². The van der Waals surface area contributed by atoms with Crippen LogP contribution in [0.15, 0.2) is 10.6 Å². The third-order valence-corrected chi connectivity index (χ3v) is 2.46. The first-order chi connectivity index (χ1) is 6.65. The molecule has 1 heterocycles. The molecule has 2 nitrogen and oxygen atoms in total. The first-order valence-corrected chi connectivity index (χ1v) is 4.91. The van der Waals surface area contributed by atoms with Crippen LogP contribution in [-0.2, 0) is 10.8 Å². The van der Waals surface area contributed by atoms with Crippen LogP contribution in [0, 0.1) is 0 Å². The predicted octanol–water partition coefficient (Wildman–Crippen LogP) is 3.51. The van der Waals surface area contributed by atoms with E-state index in [2.05, 4.69) is 5.16 Å². The molecule has 0 bridgehead atoms. The Bertz CT molecular complexity index is 337. The Kier molecular flexibility index (Phi) is 2.90. The van der Waals surface area contributed by atoms with Crippen LogP contribution in [0.2, 0.25) is 0 Å². The number of alkyl halides is 2. The Morgan fingerprint density at radius 1 is 1.20 bits per heavy atom. The molecule has 0 N–H and O–H groups in total. The van der Waals surface area contributed by atoms with Gasteiger partial charge in [0.2, 0.25) is 6.43 Å². The Labute approximate surface area is 88.6 Å². The van der Waals surface area contributed by atoms with Crippen molar-refractivity contribution in [2.45, 2.75) is 51.9 Å². The first-order valence-electron chi connectivity index (χ1n) is 4.91. The molecule has 86 valence electrons. The highest BCUT2D eigenvalue weighted by Gasteiger charge is 2.36. The molecule has 0 aliphatic heterocycles. The SMILES string of the molecule is CC(C)(C)c1cc(C(C)(C)C(F)F)no1. The van der Waals surface area contributed by atoms with E-state index < -0.39 is 11.8 Å². The molecule has 0 unspecified atom stereocenters. The lowest BCUT2D eigenvalue weighted by Gasteiger charge is -2.19. The van der Waals surface area contributed by atoms with E-state index in [0.717, 1.165) is 0 Å². The Morgan fingerprint density at radius 3 is 2.07 bits per heavy atom. The number of rotatable bonds is 2. The maximum atomic E-state index is 12.7. The molecule has 0 aliphatic carbocycles. The zero-order valence-electron chi connectivity index (χ0n) is 9.77. The molecule has 0 spiro atoms. The number of hydrogen-bond donors (Lipinski definition) is 0. The second-order valence-electron chi connectivity index (χ2n) is 5.35. The van der Waals surface area contributed by atoms with Crippen LogP contribution < -0.4 is 0 Å². The maximum Gasteiger partial charge on any atom is 0.249 e. The van der Waals surface area contributed by atoms with E-state index in [1.807, 2.05) is 20.8 Å². The molecule has 15 heavy (non-hydrogen) atoms. The number of nitrogens with zero attached hydrogens (tertiary/aromatic N) is 1. The minimum Gasteiger partial charge on any atom is -0.361 e. The Morgan fingerprint density at radius 2 is 1.73 bits per heavy atom. The lowest BCUT2D eigenvalue weighted by atomic mass is 9.87. The summed E-state index contributed by atoms with van der Waals surface area (Å²) in [5.41, 5.74) is -1.15. The van der Waals surface area contributed by atoms with E-state index in [4.69, 9.17) is 4.52 Å². The minimum atomic E-state index is -2.45. The quantitative estimate of drug-likeness (QED) is 0.757. The lowest BCUT2D eigenvalue weighted by Crippen LogP contribution is -2.27. The van der Waals surface area contributed by atoms with Crippen LogP contribution in [0.4, 0.5) is 8.78 Å². The van der Waals surface area contributed by atoms with Crippen molar-refractivity contribution in [3.63, 3.8) is 0 Å². The summed E-state index contributed by atoms with van der Waals surface area (Å²) in [4.78, 5) is 0. The molecule has 0 fully saturated rings. The molecule has 0 radical (unpaired) electrons. The van der Waals surface area contributed by atoms with Gasteiger partial charge in [0.1, 0.15) is 5.76 Å². The van der Waals surface area contributed by atoms with Crippen LogP contribution in [0.3, 0.4) is 0 Å². The van der Waals surface area contributed by atoms with E-state index in [0.29, 0.717) is 11.5 Å². The molecular weight excluding hydrogens is 200 g/mol. The molecule has 0 saturated heterocycles. The van der Waals surface area contributed by atoms with E-state index >= 15 is 0 Å². The summed E-state index contributed by atoms with van der Waals surface area (Å²) in [6.45, 7) is 8.77.